The van der Waals surface area contributed by atoms with E-state index in [0.29, 0.717) is 22.1 Å². The Morgan fingerprint density at radius 1 is 1.00 bits per heavy atom. The van der Waals surface area contributed by atoms with Crippen LogP contribution in [0.1, 0.15) is 23.2 Å². The summed E-state index contributed by atoms with van der Waals surface area (Å²) in [6.45, 7) is 0. The average molecular weight is 378 g/mol. The highest BCUT2D eigenvalue weighted by molar-refractivity contribution is 7.14. The molecule has 7 nitrogen and oxygen atoms in total. The highest BCUT2D eigenvalue weighted by atomic mass is 32.1. The number of thiazole rings is 1. The molecule has 1 aromatic carbocycles. The molecule has 3 amide bonds. The largest absolute Gasteiger partial charge is 0.298 e. The molecular formula is C19H14N4O3S. The van der Waals surface area contributed by atoms with Gasteiger partial charge in [-0.3, -0.25) is 29.6 Å². The SMILES string of the molecule is O=C(Nc1nc(-c2ccccn2)cs1)c1ccc(N2C(=O)CCC2=O)cc1. The zero-order valence-electron chi connectivity index (χ0n) is 14.1. The van der Waals surface area contributed by atoms with Gasteiger partial charge in [-0.25, -0.2) is 4.98 Å². The van der Waals surface area contributed by atoms with Gasteiger partial charge in [0.2, 0.25) is 11.8 Å². The molecule has 0 radical (unpaired) electrons. The van der Waals surface area contributed by atoms with Crippen LogP contribution in [0.15, 0.2) is 54.0 Å². The molecule has 0 unspecified atom stereocenters. The second-order valence-corrected chi connectivity index (χ2v) is 6.73. The number of nitrogens with one attached hydrogen (secondary N) is 1. The molecule has 1 saturated heterocycles. The van der Waals surface area contributed by atoms with Crippen molar-refractivity contribution in [1.82, 2.24) is 9.97 Å². The van der Waals surface area contributed by atoms with Gasteiger partial charge in [0.15, 0.2) is 5.13 Å². The minimum Gasteiger partial charge on any atom is -0.298 e. The van der Waals surface area contributed by atoms with Crippen LogP contribution in [0, 0.1) is 0 Å². The fourth-order valence-electron chi connectivity index (χ4n) is 2.76. The van der Waals surface area contributed by atoms with Crippen LogP contribution in [-0.4, -0.2) is 27.7 Å². The number of hydrogen-bond acceptors (Lipinski definition) is 6. The van der Waals surface area contributed by atoms with Gasteiger partial charge in [0, 0.05) is 30.0 Å². The summed E-state index contributed by atoms with van der Waals surface area (Å²) in [6, 6.07) is 11.9. The monoisotopic (exact) mass is 378 g/mol. The van der Waals surface area contributed by atoms with E-state index < -0.39 is 0 Å². The van der Waals surface area contributed by atoms with E-state index in [0.717, 1.165) is 10.6 Å². The van der Waals surface area contributed by atoms with Gasteiger partial charge in [0.1, 0.15) is 5.69 Å². The van der Waals surface area contributed by atoms with Gasteiger partial charge in [-0.1, -0.05) is 6.07 Å². The maximum atomic E-state index is 12.4. The standard InChI is InChI=1S/C19H14N4O3S/c24-16-8-9-17(25)23(16)13-6-4-12(5-7-13)18(26)22-19-21-15(11-27-19)14-3-1-2-10-20-14/h1-7,10-11H,8-9H2,(H,21,22,26). The summed E-state index contributed by atoms with van der Waals surface area (Å²) in [6.07, 6.45) is 2.14. The Labute approximate surface area is 158 Å². The lowest BCUT2D eigenvalue weighted by Crippen LogP contribution is -2.28. The Bertz CT molecular complexity index is 999. The molecule has 0 aliphatic carbocycles. The van der Waals surface area contributed by atoms with Crippen molar-refractivity contribution >= 4 is 39.9 Å². The average Bonchev–Trinajstić information content (AvgIpc) is 3.29. The Kier molecular flexibility index (Phi) is 4.47. The highest BCUT2D eigenvalue weighted by Gasteiger charge is 2.30. The van der Waals surface area contributed by atoms with Gasteiger partial charge in [-0.2, -0.15) is 0 Å². The van der Waals surface area contributed by atoms with Gasteiger partial charge in [-0.15, -0.1) is 11.3 Å². The molecule has 134 valence electrons. The quantitative estimate of drug-likeness (QED) is 0.704. The van der Waals surface area contributed by atoms with Crippen LogP contribution in [0.2, 0.25) is 0 Å². The first-order chi connectivity index (χ1) is 13.1. The first kappa shape index (κ1) is 17.0. The van der Waals surface area contributed by atoms with Gasteiger partial charge in [0.25, 0.3) is 5.91 Å². The predicted octanol–water partition coefficient (Wildman–Crippen LogP) is 3.11. The van der Waals surface area contributed by atoms with E-state index in [2.05, 4.69) is 15.3 Å². The Hall–Kier alpha value is -3.39. The van der Waals surface area contributed by atoms with Gasteiger partial charge < -0.3 is 0 Å². The molecule has 2 aromatic heterocycles. The molecule has 0 spiro atoms. The minimum atomic E-state index is -0.317. The number of aromatic nitrogens is 2. The Morgan fingerprint density at radius 3 is 2.41 bits per heavy atom. The highest BCUT2D eigenvalue weighted by Crippen LogP contribution is 2.25. The van der Waals surface area contributed by atoms with E-state index in [1.54, 1.807) is 30.5 Å². The molecule has 4 rings (SSSR count). The molecule has 1 aliphatic heterocycles. The van der Waals surface area contributed by atoms with E-state index in [-0.39, 0.29) is 30.6 Å². The van der Waals surface area contributed by atoms with Crippen LogP contribution in [0.3, 0.4) is 0 Å². The molecule has 0 bridgehead atoms. The van der Waals surface area contributed by atoms with E-state index in [4.69, 9.17) is 0 Å². The van der Waals surface area contributed by atoms with Crippen LogP contribution in [0.25, 0.3) is 11.4 Å². The topological polar surface area (TPSA) is 92.3 Å². The lowest BCUT2D eigenvalue weighted by molar-refractivity contribution is -0.121. The van der Waals surface area contributed by atoms with E-state index >= 15 is 0 Å². The third-order valence-electron chi connectivity index (χ3n) is 4.09. The second-order valence-electron chi connectivity index (χ2n) is 5.88. The maximum absolute atomic E-state index is 12.4. The summed E-state index contributed by atoms with van der Waals surface area (Å²) in [4.78, 5) is 45.7. The molecule has 1 aliphatic rings. The van der Waals surface area contributed by atoms with Crippen LogP contribution < -0.4 is 10.2 Å². The smallest absolute Gasteiger partial charge is 0.257 e. The molecule has 27 heavy (non-hydrogen) atoms. The number of amides is 3. The number of rotatable bonds is 4. The first-order valence-electron chi connectivity index (χ1n) is 8.26. The maximum Gasteiger partial charge on any atom is 0.257 e. The first-order valence-corrected chi connectivity index (χ1v) is 9.14. The van der Waals surface area contributed by atoms with E-state index in [1.165, 1.54) is 11.3 Å². The van der Waals surface area contributed by atoms with Crippen molar-refractivity contribution in [3.05, 3.63) is 59.6 Å². The number of pyridine rings is 1. The molecular weight excluding hydrogens is 364 g/mol. The number of benzene rings is 1. The van der Waals surface area contributed by atoms with Crippen molar-refractivity contribution in [1.29, 1.82) is 0 Å². The van der Waals surface area contributed by atoms with Crippen LogP contribution in [0.4, 0.5) is 10.8 Å². The molecule has 3 aromatic rings. The Balaban J connectivity index is 1.47. The lowest BCUT2D eigenvalue weighted by Gasteiger charge is -2.13. The van der Waals surface area contributed by atoms with Crippen molar-refractivity contribution < 1.29 is 14.4 Å². The van der Waals surface area contributed by atoms with Gasteiger partial charge in [-0.05, 0) is 36.4 Å². The third-order valence-corrected chi connectivity index (χ3v) is 4.85. The van der Waals surface area contributed by atoms with Crippen LogP contribution in [0.5, 0.6) is 0 Å². The van der Waals surface area contributed by atoms with Crippen molar-refractivity contribution in [2.24, 2.45) is 0 Å². The van der Waals surface area contributed by atoms with E-state index in [1.807, 2.05) is 23.6 Å². The summed E-state index contributed by atoms with van der Waals surface area (Å²) in [5.74, 6) is -0.758. The fraction of sp³-hybridized carbons (Fsp3) is 0.105. The van der Waals surface area contributed by atoms with Crippen molar-refractivity contribution in [3.63, 3.8) is 0 Å². The summed E-state index contributed by atoms with van der Waals surface area (Å²) in [5, 5.41) is 5.04. The fourth-order valence-corrected chi connectivity index (χ4v) is 3.46. The van der Waals surface area contributed by atoms with E-state index in [9.17, 15) is 14.4 Å². The lowest BCUT2D eigenvalue weighted by atomic mass is 10.2. The summed E-state index contributed by atoms with van der Waals surface area (Å²) < 4.78 is 0. The number of carbonyl (C=O) groups excluding carboxylic acids is 3. The number of carbonyl (C=O) groups is 3. The van der Waals surface area contributed by atoms with Crippen LogP contribution >= 0.6 is 11.3 Å². The number of hydrogen-bond donors (Lipinski definition) is 1. The number of anilines is 2. The molecule has 1 N–H and O–H groups in total. The van der Waals surface area contributed by atoms with Crippen molar-refractivity contribution in [2.75, 3.05) is 10.2 Å². The molecule has 0 atom stereocenters. The summed E-state index contributed by atoms with van der Waals surface area (Å²) >= 11 is 1.31. The number of nitrogens with zero attached hydrogens (tertiary/aromatic N) is 3. The zero-order chi connectivity index (χ0) is 18.8. The number of imide groups is 1. The Morgan fingerprint density at radius 2 is 1.74 bits per heavy atom. The molecule has 3 heterocycles. The van der Waals surface area contributed by atoms with Crippen molar-refractivity contribution in [2.45, 2.75) is 12.8 Å². The minimum absolute atomic E-state index is 0.220. The molecule has 8 heteroatoms. The molecule has 0 saturated carbocycles. The third kappa shape index (κ3) is 3.47. The second kappa shape index (κ2) is 7.08. The normalized spacial score (nSPS) is 13.9. The van der Waals surface area contributed by atoms with Gasteiger partial charge in [0.05, 0.1) is 11.4 Å². The predicted molar refractivity (Wildman–Crippen MR) is 101 cm³/mol. The van der Waals surface area contributed by atoms with Crippen LogP contribution in [-0.2, 0) is 9.59 Å². The summed E-state index contributed by atoms with van der Waals surface area (Å²) in [7, 11) is 0. The summed E-state index contributed by atoms with van der Waals surface area (Å²) in [5.41, 5.74) is 2.31. The van der Waals surface area contributed by atoms with Gasteiger partial charge >= 0.3 is 0 Å². The zero-order valence-corrected chi connectivity index (χ0v) is 14.9. The molecule has 1 fully saturated rings. The van der Waals surface area contributed by atoms with Crippen molar-refractivity contribution in [3.8, 4) is 11.4 Å².